The molecule has 2 aliphatic heterocycles. The number of hydrogen-bond acceptors (Lipinski definition) is 6. The number of sulfone groups is 1. The lowest BCUT2D eigenvalue weighted by Crippen LogP contribution is -2.61. The Morgan fingerprint density at radius 2 is 1.73 bits per heavy atom. The van der Waals surface area contributed by atoms with Crippen molar-refractivity contribution < 1.29 is 22.7 Å². The summed E-state index contributed by atoms with van der Waals surface area (Å²) in [5, 5.41) is 0. The first-order chi connectivity index (χ1) is 14.4. The highest BCUT2D eigenvalue weighted by Crippen LogP contribution is 2.34. The largest absolute Gasteiger partial charge is 0.496 e. The minimum atomic E-state index is -3.24. The van der Waals surface area contributed by atoms with Gasteiger partial charge in [-0.15, -0.1) is 0 Å². The highest BCUT2D eigenvalue weighted by molar-refractivity contribution is 7.91. The van der Waals surface area contributed by atoms with Gasteiger partial charge in [-0.3, -0.25) is 9.69 Å². The number of rotatable bonds is 6. The predicted molar refractivity (Wildman–Crippen MR) is 115 cm³/mol. The number of para-hydroxylation sites is 1. The average molecular weight is 431 g/mol. The summed E-state index contributed by atoms with van der Waals surface area (Å²) < 4.78 is 36.0. The topological polar surface area (TPSA) is 76.2 Å². The summed E-state index contributed by atoms with van der Waals surface area (Å²) in [6.07, 6.45) is 0. The Labute approximate surface area is 177 Å². The second-order valence-electron chi connectivity index (χ2n) is 7.62. The maximum atomic E-state index is 13.1. The molecule has 4 rings (SSSR count). The molecule has 0 N–H and O–H groups in total. The normalized spacial score (nSPS) is 23.3. The summed E-state index contributed by atoms with van der Waals surface area (Å²) in [4.78, 5) is 16.8. The number of methoxy groups -OCH3 is 1. The van der Waals surface area contributed by atoms with Crippen LogP contribution in [-0.4, -0.2) is 63.1 Å². The van der Waals surface area contributed by atoms with Crippen LogP contribution in [0.15, 0.2) is 48.5 Å². The minimum absolute atomic E-state index is 0.0287. The highest BCUT2D eigenvalue weighted by atomic mass is 32.2. The first kappa shape index (κ1) is 20.7. The number of carbonyl (C=O) groups is 1. The fourth-order valence-corrected chi connectivity index (χ4v) is 6.37. The van der Waals surface area contributed by atoms with Crippen molar-refractivity contribution in [1.82, 2.24) is 4.90 Å². The lowest BCUT2D eigenvalue weighted by molar-refractivity contribution is -0.123. The van der Waals surface area contributed by atoms with Gasteiger partial charge in [0.05, 0.1) is 37.8 Å². The van der Waals surface area contributed by atoms with Crippen LogP contribution in [0.3, 0.4) is 0 Å². The number of fused-ring (bicyclic) bond motifs is 1. The van der Waals surface area contributed by atoms with Gasteiger partial charge in [0.15, 0.2) is 9.84 Å². The number of nitrogens with zero attached hydrogens (tertiary/aromatic N) is 2. The van der Waals surface area contributed by atoms with Gasteiger partial charge in [0.2, 0.25) is 5.91 Å². The van der Waals surface area contributed by atoms with Gasteiger partial charge in [-0.05, 0) is 37.3 Å². The van der Waals surface area contributed by atoms with E-state index in [9.17, 15) is 13.2 Å². The zero-order valence-corrected chi connectivity index (χ0v) is 18.0. The molecule has 2 aromatic rings. The fraction of sp³-hybridized carbons (Fsp3) is 0.409. The second-order valence-corrected chi connectivity index (χ2v) is 9.77. The molecule has 160 valence electrons. The van der Waals surface area contributed by atoms with Crippen molar-refractivity contribution in [3.63, 3.8) is 0 Å². The predicted octanol–water partition coefficient (Wildman–Crippen LogP) is 2.11. The van der Waals surface area contributed by atoms with E-state index < -0.39 is 15.9 Å². The van der Waals surface area contributed by atoms with Gasteiger partial charge in [0.1, 0.15) is 11.5 Å². The Bertz CT molecular complexity index is 1020. The van der Waals surface area contributed by atoms with E-state index in [0.717, 1.165) is 17.1 Å². The molecule has 2 unspecified atom stereocenters. The summed E-state index contributed by atoms with van der Waals surface area (Å²) in [6, 6.07) is 14.2. The van der Waals surface area contributed by atoms with Crippen molar-refractivity contribution in [3.8, 4) is 11.5 Å². The van der Waals surface area contributed by atoms with E-state index in [0.29, 0.717) is 18.8 Å². The smallest absolute Gasteiger partial charge is 0.241 e. The van der Waals surface area contributed by atoms with E-state index in [4.69, 9.17) is 9.47 Å². The molecule has 2 atom stereocenters. The molecule has 0 radical (unpaired) electrons. The first-order valence-corrected chi connectivity index (χ1v) is 11.9. The van der Waals surface area contributed by atoms with Crippen molar-refractivity contribution in [1.29, 1.82) is 0 Å². The van der Waals surface area contributed by atoms with Gasteiger partial charge in [-0.25, -0.2) is 8.42 Å². The number of ether oxygens (including phenoxy) is 2. The molecule has 8 heteroatoms. The van der Waals surface area contributed by atoms with Crippen LogP contribution < -0.4 is 14.4 Å². The molecule has 0 aliphatic carbocycles. The first-order valence-electron chi connectivity index (χ1n) is 10.0. The van der Waals surface area contributed by atoms with E-state index in [2.05, 4.69) is 0 Å². The Morgan fingerprint density at radius 3 is 2.43 bits per heavy atom. The van der Waals surface area contributed by atoms with E-state index in [1.807, 2.05) is 60.4 Å². The van der Waals surface area contributed by atoms with Gasteiger partial charge in [-0.1, -0.05) is 18.2 Å². The molecule has 2 heterocycles. The highest BCUT2D eigenvalue weighted by Gasteiger charge is 2.49. The van der Waals surface area contributed by atoms with Crippen LogP contribution in [0, 0.1) is 0 Å². The Balaban J connectivity index is 1.63. The molecule has 2 aliphatic rings. The van der Waals surface area contributed by atoms with Crippen LogP contribution in [0.5, 0.6) is 11.5 Å². The third kappa shape index (κ3) is 4.02. The van der Waals surface area contributed by atoms with Crippen LogP contribution in [0.2, 0.25) is 0 Å². The average Bonchev–Trinajstić information content (AvgIpc) is 3.05. The zero-order chi connectivity index (χ0) is 21.3. The number of benzene rings is 2. The third-order valence-electron chi connectivity index (χ3n) is 5.69. The maximum Gasteiger partial charge on any atom is 0.241 e. The molecule has 2 aromatic carbocycles. The summed E-state index contributed by atoms with van der Waals surface area (Å²) in [5.41, 5.74) is 1.64. The molecule has 0 saturated carbocycles. The van der Waals surface area contributed by atoms with Crippen LogP contribution >= 0.6 is 0 Å². The Hall–Kier alpha value is -2.58. The molecular weight excluding hydrogens is 404 g/mol. The number of anilines is 1. The molecule has 0 aromatic heterocycles. The number of amides is 1. The molecule has 30 heavy (non-hydrogen) atoms. The number of carbonyl (C=O) groups excluding carboxylic acids is 1. The van der Waals surface area contributed by atoms with Gasteiger partial charge in [0.25, 0.3) is 0 Å². The summed E-state index contributed by atoms with van der Waals surface area (Å²) in [7, 11) is -1.63. The summed E-state index contributed by atoms with van der Waals surface area (Å²) in [5.74, 6) is 1.37. The van der Waals surface area contributed by atoms with Crippen LogP contribution in [0.1, 0.15) is 12.5 Å². The molecule has 7 nitrogen and oxygen atoms in total. The lowest BCUT2D eigenvalue weighted by atomic mass is 10.0. The van der Waals surface area contributed by atoms with Crippen molar-refractivity contribution >= 4 is 21.4 Å². The Morgan fingerprint density at radius 1 is 1.03 bits per heavy atom. The van der Waals surface area contributed by atoms with Crippen molar-refractivity contribution in [2.45, 2.75) is 25.6 Å². The van der Waals surface area contributed by atoms with Crippen LogP contribution in [0.25, 0.3) is 0 Å². The van der Waals surface area contributed by atoms with E-state index in [1.165, 1.54) is 0 Å². The fourth-order valence-electron chi connectivity index (χ4n) is 4.39. The monoisotopic (exact) mass is 430 g/mol. The van der Waals surface area contributed by atoms with Gasteiger partial charge in [0, 0.05) is 23.8 Å². The maximum absolute atomic E-state index is 13.1. The second kappa shape index (κ2) is 8.28. The summed E-state index contributed by atoms with van der Waals surface area (Å²) >= 11 is 0. The van der Waals surface area contributed by atoms with E-state index >= 15 is 0 Å². The number of hydrogen-bond donors (Lipinski definition) is 0. The number of piperazine rings is 1. The Kier molecular flexibility index (Phi) is 5.71. The molecule has 1 amide bonds. The zero-order valence-electron chi connectivity index (χ0n) is 17.2. The quantitative estimate of drug-likeness (QED) is 0.699. The van der Waals surface area contributed by atoms with Crippen molar-refractivity contribution in [3.05, 3.63) is 54.1 Å². The SMILES string of the molecule is CCOc1ccc(N2C(=O)CN(Cc3ccccc3OC)C3CS(=O)(=O)CC32)cc1. The van der Waals surface area contributed by atoms with Gasteiger partial charge < -0.3 is 14.4 Å². The molecular formula is C22H26N2O5S. The lowest BCUT2D eigenvalue weighted by Gasteiger charge is -2.43. The molecule has 2 fully saturated rings. The van der Waals surface area contributed by atoms with Crippen LogP contribution in [-0.2, 0) is 21.2 Å². The van der Waals surface area contributed by atoms with Crippen molar-refractivity contribution in [2.75, 3.05) is 36.7 Å². The molecule has 2 saturated heterocycles. The van der Waals surface area contributed by atoms with E-state index in [1.54, 1.807) is 12.0 Å². The van der Waals surface area contributed by atoms with Gasteiger partial charge in [-0.2, -0.15) is 0 Å². The van der Waals surface area contributed by atoms with Crippen molar-refractivity contribution in [2.24, 2.45) is 0 Å². The molecule has 0 spiro atoms. The summed E-state index contributed by atoms with van der Waals surface area (Å²) in [6.45, 7) is 3.08. The minimum Gasteiger partial charge on any atom is -0.496 e. The van der Waals surface area contributed by atoms with E-state index in [-0.39, 0.29) is 30.0 Å². The third-order valence-corrected chi connectivity index (χ3v) is 7.39. The standard InChI is InChI=1S/C22H26N2O5S/c1-3-29-18-10-8-17(9-11-18)24-20-15-30(26,27)14-19(20)23(13-22(24)25)12-16-6-4-5-7-21(16)28-2/h4-11,19-20H,3,12-15H2,1-2H3. The van der Waals surface area contributed by atoms with Crippen LogP contribution in [0.4, 0.5) is 5.69 Å². The van der Waals surface area contributed by atoms with Gasteiger partial charge >= 0.3 is 0 Å². The molecule has 0 bridgehead atoms.